The third-order valence-corrected chi connectivity index (χ3v) is 7.54. The molecule has 2 aliphatic carbocycles. The Hall–Kier alpha value is -2.11. The molecule has 0 unspecified atom stereocenters. The molecule has 0 aromatic heterocycles. The van der Waals surface area contributed by atoms with Gasteiger partial charge < -0.3 is 15.0 Å². The third-order valence-electron chi connectivity index (χ3n) is 7.32. The SMILES string of the molecule is CC1=CC(=O)C(CNC(=O)c2cc(Cl)cc(OC3CCC(N4CCCC4)CC3)c2C)=C(C)C1. The van der Waals surface area contributed by atoms with Gasteiger partial charge in [-0.05, 0) is 97.0 Å². The maximum atomic E-state index is 13.0. The molecule has 0 bridgehead atoms. The standard InChI is InChI=1S/C27H35ClN2O3/c1-17-12-18(2)24(25(31)13-17)16-29-27(32)23-14-20(28)15-26(19(23)3)33-22-8-6-21(7-9-22)30-10-4-5-11-30/h13-15,21-22H,4-12,16H2,1-3H3,(H,29,32). The van der Waals surface area contributed by atoms with Crippen LogP contribution in [-0.4, -0.2) is 48.4 Å². The quantitative estimate of drug-likeness (QED) is 0.604. The number of allylic oxidation sites excluding steroid dienone is 3. The number of ketones is 1. The van der Waals surface area contributed by atoms with Crippen LogP contribution in [0.15, 0.2) is 34.9 Å². The minimum absolute atomic E-state index is 0.0204. The molecule has 3 aliphatic rings. The summed E-state index contributed by atoms with van der Waals surface area (Å²) in [4.78, 5) is 28.0. The number of halogens is 1. The molecule has 1 heterocycles. The third kappa shape index (κ3) is 5.70. The van der Waals surface area contributed by atoms with E-state index < -0.39 is 0 Å². The average molecular weight is 471 g/mol. The molecular weight excluding hydrogens is 436 g/mol. The summed E-state index contributed by atoms with van der Waals surface area (Å²) in [6, 6.07) is 4.18. The van der Waals surface area contributed by atoms with Crippen molar-refractivity contribution in [2.45, 2.75) is 77.9 Å². The van der Waals surface area contributed by atoms with Crippen molar-refractivity contribution in [3.8, 4) is 5.75 Å². The van der Waals surface area contributed by atoms with Crippen molar-refractivity contribution in [3.05, 3.63) is 51.1 Å². The van der Waals surface area contributed by atoms with Crippen LogP contribution in [0.2, 0.25) is 5.02 Å². The lowest BCUT2D eigenvalue weighted by atomic mass is 9.92. The van der Waals surface area contributed by atoms with Crippen molar-refractivity contribution in [2.75, 3.05) is 19.6 Å². The highest BCUT2D eigenvalue weighted by molar-refractivity contribution is 6.31. The molecule has 1 N–H and O–H groups in total. The predicted molar refractivity (Wildman–Crippen MR) is 132 cm³/mol. The molecular formula is C27H35ClN2O3. The molecule has 1 saturated heterocycles. The molecule has 0 atom stereocenters. The molecule has 6 heteroatoms. The summed E-state index contributed by atoms with van der Waals surface area (Å²) >= 11 is 6.37. The molecule has 178 valence electrons. The van der Waals surface area contributed by atoms with Gasteiger partial charge in [0.15, 0.2) is 5.78 Å². The number of hydrogen-bond acceptors (Lipinski definition) is 4. The Balaban J connectivity index is 1.39. The van der Waals surface area contributed by atoms with Gasteiger partial charge in [0.25, 0.3) is 5.91 Å². The number of nitrogens with zero attached hydrogens (tertiary/aromatic N) is 1. The van der Waals surface area contributed by atoms with Gasteiger partial charge in [0, 0.05) is 34.3 Å². The van der Waals surface area contributed by atoms with Gasteiger partial charge in [0.2, 0.25) is 0 Å². The summed E-state index contributed by atoms with van der Waals surface area (Å²) in [7, 11) is 0. The van der Waals surface area contributed by atoms with E-state index in [1.165, 1.54) is 25.9 Å². The van der Waals surface area contributed by atoms with Crippen molar-refractivity contribution in [2.24, 2.45) is 0 Å². The number of likely N-dealkylation sites (tertiary alicyclic amines) is 1. The highest BCUT2D eigenvalue weighted by Crippen LogP contribution is 2.32. The van der Waals surface area contributed by atoms with E-state index in [1.807, 2.05) is 26.8 Å². The molecule has 0 radical (unpaired) electrons. The summed E-state index contributed by atoms with van der Waals surface area (Å²) in [6.45, 7) is 8.49. The van der Waals surface area contributed by atoms with E-state index in [4.69, 9.17) is 16.3 Å². The number of carbonyl (C=O) groups excluding carboxylic acids is 2. The first-order valence-electron chi connectivity index (χ1n) is 12.2. The predicted octanol–water partition coefficient (Wildman–Crippen LogP) is 5.40. The normalized spacial score (nSPS) is 24.1. The van der Waals surface area contributed by atoms with E-state index in [2.05, 4.69) is 10.2 Å². The van der Waals surface area contributed by atoms with E-state index in [9.17, 15) is 9.59 Å². The number of carbonyl (C=O) groups is 2. The number of nitrogens with one attached hydrogen (secondary N) is 1. The van der Waals surface area contributed by atoms with Gasteiger partial charge in [-0.25, -0.2) is 0 Å². The lowest BCUT2D eigenvalue weighted by molar-refractivity contribution is -0.111. The maximum Gasteiger partial charge on any atom is 0.252 e. The van der Waals surface area contributed by atoms with Gasteiger partial charge in [0.1, 0.15) is 5.75 Å². The Labute approximate surface area is 202 Å². The van der Waals surface area contributed by atoms with Gasteiger partial charge in [-0.15, -0.1) is 0 Å². The molecule has 0 spiro atoms. The first-order valence-corrected chi connectivity index (χ1v) is 12.6. The molecule has 4 rings (SSSR count). The van der Waals surface area contributed by atoms with Gasteiger partial charge in [-0.1, -0.05) is 22.7 Å². The number of rotatable bonds is 6. The second-order valence-electron chi connectivity index (χ2n) is 9.84. The van der Waals surface area contributed by atoms with Gasteiger partial charge >= 0.3 is 0 Å². The van der Waals surface area contributed by atoms with Gasteiger partial charge in [-0.3, -0.25) is 9.59 Å². The van der Waals surface area contributed by atoms with Crippen molar-refractivity contribution in [1.29, 1.82) is 0 Å². The Morgan fingerprint density at radius 3 is 2.48 bits per heavy atom. The monoisotopic (exact) mass is 470 g/mol. The zero-order valence-electron chi connectivity index (χ0n) is 20.0. The summed E-state index contributed by atoms with van der Waals surface area (Å²) in [6.07, 6.45) is 9.60. The van der Waals surface area contributed by atoms with Crippen LogP contribution in [0.1, 0.15) is 74.7 Å². The van der Waals surface area contributed by atoms with E-state index >= 15 is 0 Å². The van der Waals surface area contributed by atoms with Crippen LogP contribution >= 0.6 is 11.6 Å². The van der Waals surface area contributed by atoms with Crippen molar-refractivity contribution < 1.29 is 14.3 Å². The number of ether oxygens (including phenoxy) is 1. The zero-order chi connectivity index (χ0) is 23.5. The molecule has 2 fully saturated rings. The Bertz CT molecular complexity index is 983. The second kappa shape index (κ2) is 10.4. The van der Waals surface area contributed by atoms with Crippen LogP contribution in [0.5, 0.6) is 5.75 Å². The van der Waals surface area contributed by atoms with Crippen LogP contribution in [0.4, 0.5) is 0 Å². The number of amides is 1. The highest BCUT2D eigenvalue weighted by atomic mass is 35.5. The lowest BCUT2D eigenvalue weighted by Crippen LogP contribution is -2.38. The number of benzene rings is 1. The molecule has 1 aromatic carbocycles. The van der Waals surface area contributed by atoms with Gasteiger partial charge in [0.05, 0.1) is 6.10 Å². The van der Waals surface area contributed by atoms with E-state index in [-0.39, 0.29) is 24.3 Å². The molecule has 1 aromatic rings. The van der Waals surface area contributed by atoms with E-state index in [0.717, 1.165) is 48.8 Å². The first-order chi connectivity index (χ1) is 15.8. The molecule has 5 nitrogen and oxygen atoms in total. The maximum absolute atomic E-state index is 13.0. The topological polar surface area (TPSA) is 58.6 Å². The summed E-state index contributed by atoms with van der Waals surface area (Å²) in [5.74, 6) is 0.421. The Morgan fingerprint density at radius 1 is 1.12 bits per heavy atom. The van der Waals surface area contributed by atoms with Gasteiger partial charge in [-0.2, -0.15) is 0 Å². The van der Waals surface area contributed by atoms with Crippen LogP contribution in [0, 0.1) is 6.92 Å². The summed E-state index contributed by atoms with van der Waals surface area (Å²) < 4.78 is 6.35. The molecule has 1 aliphatic heterocycles. The summed E-state index contributed by atoms with van der Waals surface area (Å²) in [5.41, 5.74) is 4.01. The lowest BCUT2D eigenvalue weighted by Gasteiger charge is -2.34. The zero-order valence-corrected chi connectivity index (χ0v) is 20.8. The summed E-state index contributed by atoms with van der Waals surface area (Å²) in [5, 5.41) is 3.39. The Kier molecular flexibility index (Phi) is 7.60. The molecule has 1 saturated carbocycles. The smallest absolute Gasteiger partial charge is 0.252 e. The highest BCUT2D eigenvalue weighted by Gasteiger charge is 2.29. The largest absolute Gasteiger partial charge is 0.490 e. The fraction of sp³-hybridized carbons (Fsp3) is 0.556. The van der Waals surface area contributed by atoms with Crippen LogP contribution in [0.3, 0.4) is 0 Å². The molecule has 33 heavy (non-hydrogen) atoms. The first kappa shape index (κ1) is 24.0. The Morgan fingerprint density at radius 2 is 1.82 bits per heavy atom. The van der Waals surface area contributed by atoms with E-state index in [1.54, 1.807) is 12.1 Å². The minimum atomic E-state index is -0.239. The number of hydrogen-bond donors (Lipinski definition) is 1. The fourth-order valence-corrected chi connectivity index (χ4v) is 5.63. The fourth-order valence-electron chi connectivity index (χ4n) is 5.43. The second-order valence-corrected chi connectivity index (χ2v) is 10.3. The van der Waals surface area contributed by atoms with Crippen molar-refractivity contribution in [1.82, 2.24) is 10.2 Å². The van der Waals surface area contributed by atoms with Crippen molar-refractivity contribution in [3.63, 3.8) is 0 Å². The van der Waals surface area contributed by atoms with Crippen molar-refractivity contribution >= 4 is 23.3 Å². The average Bonchev–Trinajstić information content (AvgIpc) is 3.30. The molecule has 1 amide bonds. The van der Waals surface area contributed by atoms with Crippen LogP contribution in [-0.2, 0) is 4.79 Å². The van der Waals surface area contributed by atoms with Crippen LogP contribution < -0.4 is 10.1 Å². The van der Waals surface area contributed by atoms with Crippen LogP contribution in [0.25, 0.3) is 0 Å². The van der Waals surface area contributed by atoms with E-state index in [0.29, 0.717) is 28.0 Å². The minimum Gasteiger partial charge on any atom is -0.490 e.